The van der Waals surface area contributed by atoms with Gasteiger partial charge in [0.25, 0.3) is 5.91 Å². The molecular weight excluding hydrogens is 360 g/mol. The Labute approximate surface area is 165 Å². The van der Waals surface area contributed by atoms with E-state index < -0.39 is 0 Å². The van der Waals surface area contributed by atoms with Crippen molar-refractivity contribution >= 4 is 11.8 Å². The normalized spacial score (nSPS) is 24.8. The zero-order valence-corrected chi connectivity index (χ0v) is 16.4. The SMILES string of the molecule is COc1ccc2cc1O[C@@H]1CN[C@@H](C1)C(=O)NCCCCNCCCNC2=O. The molecule has 4 N–H and O–H groups in total. The third kappa shape index (κ3) is 5.59. The highest BCUT2D eigenvalue weighted by Gasteiger charge is 2.31. The molecule has 0 aromatic heterocycles. The summed E-state index contributed by atoms with van der Waals surface area (Å²) < 4.78 is 11.4. The van der Waals surface area contributed by atoms with Crippen LogP contribution in [0.4, 0.5) is 0 Å². The van der Waals surface area contributed by atoms with E-state index in [1.165, 1.54) is 0 Å². The van der Waals surface area contributed by atoms with Gasteiger partial charge in [0.15, 0.2) is 11.5 Å². The first-order chi connectivity index (χ1) is 13.7. The third-order valence-electron chi connectivity index (χ3n) is 5.02. The minimum atomic E-state index is -0.261. The molecule has 2 heterocycles. The number of ether oxygens (including phenoxy) is 2. The summed E-state index contributed by atoms with van der Waals surface area (Å²) in [4.78, 5) is 24.8. The van der Waals surface area contributed by atoms with Gasteiger partial charge in [0.05, 0.1) is 13.2 Å². The number of amides is 2. The summed E-state index contributed by atoms with van der Waals surface area (Å²) in [6, 6.07) is 4.91. The summed E-state index contributed by atoms with van der Waals surface area (Å²) in [5.41, 5.74) is 0.530. The topological polar surface area (TPSA) is 101 Å². The Hall–Kier alpha value is -2.32. The molecular formula is C20H30N4O4. The predicted octanol–water partition coefficient (Wildman–Crippen LogP) is 0.424. The van der Waals surface area contributed by atoms with Crippen molar-refractivity contribution in [1.82, 2.24) is 21.3 Å². The van der Waals surface area contributed by atoms with E-state index in [9.17, 15) is 9.59 Å². The maximum absolute atomic E-state index is 12.4. The van der Waals surface area contributed by atoms with Crippen LogP contribution >= 0.6 is 0 Å². The monoisotopic (exact) mass is 390 g/mol. The Morgan fingerprint density at radius 2 is 1.82 bits per heavy atom. The number of nitrogens with one attached hydrogen (secondary N) is 4. The summed E-state index contributed by atoms with van der Waals surface area (Å²) in [5, 5.41) is 12.5. The maximum Gasteiger partial charge on any atom is 0.251 e. The van der Waals surface area contributed by atoms with Crippen LogP contribution in [0, 0.1) is 0 Å². The van der Waals surface area contributed by atoms with E-state index in [1.807, 2.05) is 0 Å². The minimum absolute atomic E-state index is 0.0112. The molecule has 8 heteroatoms. The molecule has 1 saturated heterocycles. The summed E-state index contributed by atoms with van der Waals surface area (Å²) in [6.45, 7) is 3.61. The zero-order chi connectivity index (χ0) is 19.8. The van der Waals surface area contributed by atoms with Crippen molar-refractivity contribution in [2.24, 2.45) is 0 Å². The van der Waals surface area contributed by atoms with E-state index >= 15 is 0 Å². The Kier molecular flexibility index (Phi) is 7.50. The second kappa shape index (κ2) is 10.3. The maximum atomic E-state index is 12.4. The number of fused-ring (bicyclic) bond motifs is 4. The fraction of sp³-hybridized carbons (Fsp3) is 0.600. The van der Waals surface area contributed by atoms with Crippen LogP contribution in [0.15, 0.2) is 18.2 Å². The Morgan fingerprint density at radius 3 is 2.68 bits per heavy atom. The number of benzene rings is 1. The number of hydrogen-bond acceptors (Lipinski definition) is 6. The molecule has 2 atom stereocenters. The number of rotatable bonds is 1. The van der Waals surface area contributed by atoms with E-state index in [0.29, 0.717) is 43.1 Å². The van der Waals surface area contributed by atoms with E-state index in [2.05, 4.69) is 21.3 Å². The van der Waals surface area contributed by atoms with Crippen LogP contribution in [0.2, 0.25) is 0 Å². The van der Waals surface area contributed by atoms with Crippen molar-refractivity contribution in [3.05, 3.63) is 23.8 Å². The standard InChI is InChI=1S/C20H30N4O4/c1-27-17-6-5-14-11-18(17)28-15-12-16(24-13-15)20(26)23-9-3-2-7-21-8-4-10-22-19(14)25/h5-6,11,15-16,21,24H,2-4,7-10,12-13H2,1H3,(H,22,25)(H,23,26)/t15-,16-/m0/s1. The van der Waals surface area contributed by atoms with E-state index in [-0.39, 0.29) is 24.0 Å². The van der Waals surface area contributed by atoms with Gasteiger partial charge in [-0.1, -0.05) is 0 Å². The number of hydrogen-bond donors (Lipinski definition) is 4. The van der Waals surface area contributed by atoms with Gasteiger partial charge in [0.1, 0.15) is 6.10 Å². The lowest BCUT2D eigenvalue weighted by atomic mass is 10.1. The molecule has 2 aliphatic rings. The molecule has 1 aromatic carbocycles. The number of carbonyl (C=O) groups is 2. The van der Waals surface area contributed by atoms with Crippen LogP contribution in [-0.2, 0) is 4.79 Å². The molecule has 0 aliphatic carbocycles. The molecule has 4 bridgehead atoms. The lowest BCUT2D eigenvalue weighted by Gasteiger charge is -2.17. The van der Waals surface area contributed by atoms with E-state index in [0.717, 1.165) is 32.4 Å². The van der Waals surface area contributed by atoms with Gasteiger partial charge in [-0.25, -0.2) is 0 Å². The first kappa shape index (κ1) is 20.4. The number of carbonyl (C=O) groups excluding carboxylic acids is 2. The van der Waals surface area contributed by atoms with Gasteiger partial charge >= 0.3 is 0 Å². The van der Waals surface area contributed by atoms with Crippen LogP contribution in [0.5, 0.6) is 11.5 Å². The average molecular weight is 390 g/mol. The quantitative estimate of drug-likeness (QED) is 0.555. The third-order valence-corrected chi connectivity index (χ3v) is 5.02. The first-order valence-corrected chi connectivity index (χ1v) is 10.0. The van der Waals surface area contributed by atoms with Gasteiger partial charge < -0.3 is 30.7 Å². The highest BCUT2D eigenvalue weighted by molar-refractivity contribution is 5.94. The van der Waals surface area contributed by atoms with Crippen molar-refractivity contribution in [2.45, 2.75) is 37.8 Å². The first-order valence-electron chi connectivity index (χ1n) is 10.0. The van der Waals surface area contributed by atoms with E-state index in [1.54, 1.807) is 25.3 Å². The van der Waals surface area contributed by atoms with Crippen molar-refractivity contribution < 1.29 is 19.1 Å². The Morgan fingerprint density at radius 1 is 1.04 bits per heavy atom. The summed E-state index contributed by atoms with van der Waals surface area (Å²) in [5.74, 6) is 0.964. The second-order valence-corrected chi connectivity index (χ2v) is 7.16. The average Bonchev–Trinajstić information content (AvgIpc) is 3.17. The summed E-state index contributed by atoms with van der Waals surface area (Å²) >= 11 is 0. The molecule has 2 amide bonds. The predicted molar refractivity (Wildman–Crippen MR) is 106 cm³/mol. The molecule has 1 fully saturated rings. The summed E-state index contributed by atoms with van der Waals surface area (Å²) in [6.07, 6.45) is 3.21. The number of methoxy groups -OCH3 is 1. The van der Waals surface area contributed by atoms with Gasteiger partial charge in [0.2, 0.25) is 5.91 Å². The van der Waals surface area contributed by atoms with Crippen LogP contribution in [0.25, 0.3) is 0 Å². The molecule has 1 aromatic rings. The summed E-state index contributed by atoms with van der Waals surface area (Å²) in [7, 11) is 1.57. The highest BCUT2D eigenvalue weighted by Crippen LogP contribution is 2.30. The zero-order valence-electron chi connectivity index (χ0n) is 16.4. The molecule has 3 rings (SSSR count). The fourth-order valence-corrected chi connectivity index (χ4v) is 3.43. The lowest BCUT2D eigenvalue weighted by Crippen LogP contribution is -2.40. The largest absolute Gasteiger partial charge is 0.493 e. The molecule has 0 unspecified atom stereocenters. The van der Waals surface area contributed by atoms with Gasteiger partial charge in [-0.2, -0.15) is 0 Å². The van der Waals surface area contributed by atoms with Crippen LogP contribution in [-0.4, -0.2) is 63.8 Å². The van der Waals surface area contributed by atoms with Crippen molar-refractivity contribution in [2.75, 3.05) is 39.8 Å². The van der Waals surface area contributed by atoms with E-state index in [4.69, 9.17) is 9.47 Å². The Bertz CT molecular complexity index is 682. The van der Waals surface area contributed by atoms with Gasteiger partial charge in [-0.15, -0.1) is 0 Å². The lowest BCUT2D eigenvalue weighted by molar-refractivity contribution is -0.122. The van der Waals surface area contributed by atoms with Crippen LogP contribution < -0.4 is 30.7 Å². The molecule has 2 aliphatic heterocycles. The molecule has 8 nitrogen and oxygen atoms in total. The molecule has 0 radical (unpaired) electrons. The highest BCUT2D eigenvalue weighted by atomic mass is 16.5. The fourth-order valence-electron chi connectivity index (χ4n) is 3.43. The minimum Gasteiger partial charge on any atom is -0.493 e. The smallest absolute Gasteiger partial charge is 0.251 e. The van der Waals surface area contributed by atoms with Gasteiger partial charge in [-0.3, -0.25) is 9.59 Å². The molecule has 0 saturated carbocycles. The van der Waals surface area contributed by atoms with Crippen molar-refractivity contribution in [3.8, 4) is 11.5 Å². The van der Waals surface area contributed by atoms with Crippen molar-refractivity contribution in [3.63, 3.8) is 0 Å². The van der Waals surface area contributed by atoms with Gasteiger partial charge in [-0.05, 0) is 50.6 Å². The van der Waals surface area contributed by atoms with Crippen LogP contribution in [0.3, 0.4) is 0 Å². The Balaban J connectivity index is 1.71. The van der Waals surface area contributed by atoms with Crippen LogP contribution in [0.1, 0.15) is 36.0 Å². The molecule has 28 heavy (non-hydrogen) atoms. The van der Waals surface area contributed by atoms with Crippen molar-refractivity contribution in [1.29, 1.82) is 0 Å². The second-order valence-electron chi connectivity index (χ2n) is 7.16. The molecule has 0 spiro atoms. The molecule has 154 valence electrons. The van der Waals surface area contributed by atoms with Gasteiger partial charge in [0, 0.05) is 31.6 Å².